The molecule has 0 unspecified atom stereocenters. The summed E-state index contributed by atoms with van der Waals surface area (Å²) in [6.07, 6.45) is 0. The molecule has 0 aliphatic heterocycles. The van der Waals surface area contributed by atoms with Gasteiger partial charge in [-0.15, -0.1) is 0 Å². The molecule has 2 aromatic rings. The lowest BCUT2D eigenvalue weighted by Crippen LogP contribution is -2.40. The van der Waals surface area contributed by atoms with E-state index in [0.717, 1.165) is 5.69 Å². The maximum atomic E-state index is 12.5. The molecule has 0 heterocycles. The third-order valence-electron chi connectivity index (χ3n) is 3.08. The summed E-state index contributed by atoms with van der Waals surface area (Å²) in [4.78, 5) is 14.2. The number of para-hydroxylation sites is 2. The Morgan fingerprint density at radius 2 is 1.64 bits per heavy atom. The molecular formula is C17H17Cl2NO2. The van der Waals surface area contributed by atoms with Gasteiger partial charge in [0.25, 0.3) is 5.91 Å². The number of carbonyl (C=O) groups is 1. The summed E-state index contributed by atoms with van der Waals surface area (Å²) in [5.41, 5.74) is 0.830. The standard InChI is InChI=1S/C17H17Cl2NO2/c1-12(2)20(13-7-4-3-5-8-13)16(21)11-22-17-14(18)9-6-10-15(17)19/h3-10,12H,11H2,1-2H3. The van der Waals surface area contributed by atoms with E-state index in [1.165, 1.54) is 0 Å². The van der Waals surface area contributed by atoms with Crippen LogP contribution in [-0.2, 0) is 4.79 Å². The van der Waals surface area contributed by atoms with Gasteiger partial charge in [0.15, 0.2) is 12.4 Å². The van der Waals surface area contributed by atoms with Crippen LogP contribution >= 0.6 is 23.2 Å². The fraction of sp³-hybridized carbons (Fsp3) is 0.235. The Kier molecular flexibility index (Phi) is 5.69. The van der Waals surface area contributed by atoms with Gasteiger partial charge in [0, 0.05) is 11.7 Å². The molecule has 2 rings (SSSR count). The Hall–Kier alpha value is -1.71. The highest BCUT2D eigenvalue weighted by Crippen LogP contribution is 2.32. The lowest BCUT2D eigenvalue weighted by molar-refractivity contribution is -0.120. The Bertz CT molecular complexity index is 624. The molecule has 116 valence electrons. The molecule has 0 aliphatic carbocycles. The van der Waals surface area contributed by atoms with E-state index in [2.05, 4.69) is 0 Å². The van der Waals surface area contributed by atoms with Gasteiger partial charge in [-0.1, -0.05) is 47.5 Å². The van der Waals surface area contributed by atoms with Gasteiger partial charge in [-0.3, -0.25) is 4.79 Å². The molecular weight excluding hydrogens is 321 g/mol. The largest absolute Gasteiger partial charge is 0.481 e. The van der Waals surface area contributed by atoms with E-state index in [1.54, 1.807) is 23.1 Å². The molecule has 2 aromatic carbocycles. The van der Waals surface area contributed by atoms with Crippen LogP contribution in [0.4, 0.5) is 5.69 Å². The number of ether oxygens (including phenoxy) is 1. The van der Waals surface area contributed by atoms with Crippen LogP contribution in [0.15, 0.2) is 48.5 Å². The quantitative estimate of drug-likeness (QED) is 0.783. The number of benzene rings is 2. The van der Waals surface area contributed by atoms with Crippen LogP contribution in [-0.4, -0.2) is 18.6 Å². The second kappa shape index (κ2) is 7.52. The van der Waals surface area contributed by atoms with Crippen molar-refractivity contribution in [1.29, 1.82) is 0 Å². The monoisotopic (exact) mass is 337 g/mol. The first kappa shape index (κ1) is 16.7. The summed E-state index contributed by atoms with van der Waals surface area (Å²) in [5.74, 6) is 0.174. The van der Waals surface area contributed by atoms with Gasteiger partial charge in [-0.25, -0.2) is 0 Å². The topological polar surface area (TPSA) is 29.5 Å². The van der Waals surface area contributed by atoms with Gasteiger partial charge in [0.1, 0.15) is 0 Å². The number of hydrogen-bond acceptors (Lipinski definition) is 2. The molecule has 0 aromatic heterocycles. The zero-order valence-corrected chi connectivity index (χ0v) is 13.9. The third-order valence-corrected chi connectivity index (χ3v) is 3.67. The van der Waals surface area contributed by atoms with E-state index >= 15 is 0 Å². The van der Waals surface area contributed by atoms with Crippen molar-refractivity contribution in [2.75, 3.05) is 11.5 Å². The van der Waals surface area contributed by atoms with Crippen molar-refractivity contribution in [1.82, 2.24) is 0 Å². The van der Waals surface area contributed by atoms with Crippen LogP contribution in [0, 0.1) is 0 Å². The molecule has 0 spiro atoms. The third kappa shape index (κ3) is 3.93. The molecule has 3 nitrogen and oxygen atoms in total. The van der Waals surface area contributed by atoms with Crippen molar-refractivity contribution in [3.05, 3.63) is 58.6 Å². The second-order valence-corrected chi connectivity index (χ2v) is 5.85. The minimum absolute atomic E-state index is 0.0141. The first-order valence-electron chi connectivity index (χ1n) is 6.94. The highest BCUT2D eigenvalue weighted by molar-refractivity contribution is 6.37. The summed E-state index contributed by atoms with van der Waals surface area (Å²) in [5, 5.41) is 0.771. The molecule has 0 atom stereocenters. The maximum Gasteiger partial charge on any atom is 0.265 e. The average Bonchev–Trinajstić information content (AvgIpc) is 2.47. The van der Waals surface area contributed by atoms with Crippen LogP contribution < -0.4 is 9.64 Å². The Labute approximate surface area is 140 Å². The zero-order valence-electron chi connectivity index (χ0n) is 12.4. The Morgan fingerprint density at radius 3 is 2.18 bits per heavy atom. The van der Waals surface area contributed by atoms with Crippen LogP contribution in [0.1, 0.15) is 13.8 Å². The highest BCUT2D eigenvalue weighted by atomic mass is 35.5. The number of rotatable bonds is 5. The second-order valence-electron chi connectivity index (χ2n) is 5.03. The maximum absolute atomic E-state index is 12.5. The summed E-state index contributed by atoms with van der Waals surface area (Å²) in [6, 6.07) is 14.6. The van der Waals surface area contributed by atoms with E-state index in [1.807, 2.05) is 44.2 Å². The van der Waals surface area contributed by atoms with Gasteiger partial charge in [-0.05, 0) is 38.1 Å². The number of halogens is 2. The molecule has 0 aliphatic rings. The predicted molar refractivity (Wildman–Crippen MR) is 91.0 cm³/mol. The number of amides is 1. The van der Waals surface area contributed by atoms with Crippen LogP contribution in [0.3, 0.4) is 0 Å². The SMILES string of the molecule is CC(C)N(C(=O)COc1c(Cl)cccc1Cl)c1ccccc1. The van der Waals surface area contributed by atoms with Crippen molar-refractivity contribution < 1.29 is 9.53 Å². The lowest BCUT2D eigenvalue weighted by atomic mass is 10.2. The van der Waals surface area contributed by atoms with Crippen LogP contribution in [0.2, 0.25) is 10.0 Å². The van der Waals surface area contributed by atoms with Crippen molar-refractivity contribution >= 4 is 34.8 Å². The van der Waals surface area contributed by atoms with Crippen molar-refractivity contribution in [2.24, 2.45) is 0 Å². The minimum atomic E-state index is -0.155. The number of nitrogens with zero attached hydrogens (tertiary/aromatic N) is 1. The van der Waals surface area contributed by atoms with Gasteiger partial charge in [-0.2, -0.15) is 0 Å². The first-order chi connectivity index (χ1) is 10.5. The molecule has 0 N–H and O–H groups in total. The van der Waals surface area contributed by atoms with E-state index < -0.39 is 0 Å². The molecule has 0 fully saturated rings. The minimum Gasteiger partial charge on any atom is -0.481 e. The summed E-state index contributed by atoms with van der Waals surface area (Å²) < 4.78 is 5.53. The number of carbonyl (C=O) groups excluding carboxylic acids is 1. The molecule has 0 saturated carbocycles. The summed E-state index contributed by atoms with van der Waals surface area (Å²) in [6.45, 7) is 3.78. The van der Waals surface area contributed by atoms with Crippen LogP contribution in [0.5, 0.6) is 5.75 Å². The average molecular weight is 338 g/mol. The Morgan fingerprint density at radius 1 is 1.05 bits per heavy atom. The number of anilines is 1. The molecule has 0 bridgehead atoms. The van der Waals surface area contributed by atoms with E-state index in [4.69, 9.17) is 27.9 Å². The highest BCUT2D eigenvalue weighted by Gasteiger charge is 2.20. The van der Waals surface area contributed by atoms with Gasteiger partial charge < -0.3 is 9.64 Å². The summed E-state index contributed by atoms with van der Waals surface area (Å²) in [7, 11) is 0. The van der Waals surface area contributed by atoms with E-state index in [-0.39, 0.29) is 18.6 Å². The molecule has 1 amide bonds. The van der Waals surface area contributed by atoms with Gasteiger partial charge >= 0.3 is 0 Å². The van der Waals surface area contributed by atoms with Crippen molar-refractivity contribution in [2.45, 2.75) is 19.9 Å². The van der Waals surface area contributed by atoms with E-state index in [0.29, 0.717) is 15.8 Å². The predicted octanol–water partition coefficient (Wildman–Crippen LogP) is 4.81. The fourth-order valence-corrected chi connectivity index (χ4v) is 2.65. The normalized spacial score (nSPS) is 10.6. The molecule has 5 heteroatoms. The lowest BCUT2D eigenvalue weighted by Gasteiger charge is -2.27. The van der Waals surface area contributed by atoms with Crippen LogP contribution in [0.25, 0.3) is 0 Å². The smallest absolute Gasteiger partial charge is 0.265 e. The van der Waals surface area contributed by atoms with E-state index in [9.17, 15) is 4.79 Å². The summed E-state index contributed by atoms with van der Waals surface area (Å²) >= 11 is 12.1. The zero-order chi connectivity index (χ0) is 16.1. The van der Waals surface area contributed by atoms with Gasteiger partial charge in [0.05, 0.1) is 10.0 Å². The fourth-order valence-electron chi connectivity index (χ4n) is 2.14. The molecule has 0 radical (unpaired) electrons. The Balaban J connectivity index is 2.13. The molecule has 22 heavy (non-hydrogen) atoms. The molecule has 0 saturated heterocycles. The number of hydrogen-bond donors (Lipinski definition) is 0. The van der Waals surface area contributed by atoms with Gasteiger partial charge in [0.2, 0.25) is 0 Å². The van der Waals surface area contributed by atoms with Crippen molar-refractivity contribution in [3.63, 3.8) is 0 Å². The van der Waals surface area contributed by atoms with Crippen molar-refractivity contribution in [3.8, 4) is 5.75 Å². The first-order valence-corrected chi connectivity index (χ1v) is 7.70.